The van der Waals surface area contributed by atoms with Gasteiger partial charge in [-0.15, -0.1) is 0 Å². The Kier molecular flexibility index (Phi) is 6.51. The van der Waals surface area contributed by atoms with Crippen LogP contribution in [0.5, 0.6) is 0 Å². The van der Waals surface area contributed by atoms with Gasteiger partial charge in [-0.1, -0.05) is 38.1 Å². The van der Waals surface area contributed by atoms with E-state index in [1.54, 1.807) is 0 Å². The number of rotatable bonds is 7. The average molecular weight is 434 g/mol. The quantitative estimate of drug-likeness (QED) is 0.659. The minimum atomic E-state index is -2.97. The zero-order valence-corrected chi connectivity index (χ0v) is 19.1. The third kappa shape index (κ3) is 5.42. The molecule has 0 N–H and O–H groups in total. The number of hydrogen-bond donors (Lipinski definition) is 0. The van der Waals surface area contributed by atoms with Gasteiger partial charge >= 0.3 is 0 Å². The van der Waals surface area contributed by atoms with Crippen LogP contribution < -0.4 is 0 Å². The van der Waals surface area contributed by atoms with Gasteiger partial charge in [-0.05, 0) is 36.3 Å². The maximum atomic E-state index is 13.0. The molecular formula is C23H35N3O3S. The Morgan fingerprint density at radius 1 is 1.00 bits per heavy atom. The molecule has 2 aliphatic heterocycles. The molecule has 0 spiro atoms. The standard InChI is InChI=1S/C23H35N3O3S/c1-18(2)20-5-3-19(4-6-20)15-24-10-12-25(13-11-24)16-23(27)26(21-7-8-21)22-9-14-30(28,29)17-22/h3-6,18,21-22H,7-17H2,1-2H3/t22-/m1/s1. The highest BCUT2D eigenvalue weighted by Gasteiger charge is 2.42. The first-order chi connectivity index (χ1) is 14.3. The monoisotopic (exact) mass is 433 g/mol. The molecule has 0 bridgehead atoms. The minimum Gasteiger partial charge on any atom is -0.335 e. The van der Waals surface area contributed by atoms with Crippen molar-refractivity contribution in [2.45, 2.75) is 57.7 Å². The van der Waals surface area contributed by atoms with Gasteiger partial charge in [-0.2, -0.15) is 0 Å². The van der Waals surface area contributed by atoms with Gasteiger partial charge in [0.1, 0.15) is 0 Å². The molecule has 30 heavy (non-hydrogen) atoms. The number of carbonyl (C=O) groups is 1. The summed E-state index contributed by atoms with van der Waals surface area (Å²) in [4.78, 5) is 19.6. The van der Waals surface area contributed by atoms with Crippen molar-refractivity contribution in [3.05, 3.63) is 35.4 Å². The van der Waals surface area contributed by atoms with Crippen LogP contribution in [0.15, 0.2) is 24.3 Å². The second kappa shape index (κ2) is 8.97. The van der Waals surface area contributed by atoms with Gasteiger partial charge in [0.15, 0.2) is 9.84 Å². The second-order valence-electron chi connectivity index (χ2n) is 9.54. The largest absolute Gasteiger partial charge is 0.335 e. The fourth-order valence-electron chi connectivity index (χ4n) is 4.70. The Morgan fingerprint density at radius 2 is 1.63 bits per heavy atom. The summed E-state index contributed by atoms with van der Waals surface area (Å²) in [6, 6.07) is 9.08. The molecule has 1 atom stereocenters. The first-order valence-electron chi connectivity index (χ1n) is 11.4. The molecule has 166 valence electrons. The molecule has 1 aliphatic carbocycles. The molecule has 3 aliphatic rings. The number of amides is 1. The van der Waals surface area contributed by atoms with E-state index in [1.807, 2.05) is 4.90 Å². The first kappa shape index (κ1) is 21.8. The number of piperazine rings is 1. The smallest absolute Gasteiger partial charge is 0.237 e. The third-order valence-electron chi connectivity index (χ3n) is 6.71. The highest BCUT2D eigenvalue weighted by Crippen LogP contribution is 2.32. The molecule has 0 unspecified atom stereocenters. The molecule has 0 radical (unpaired) electrons. The molecule has 1 saturated carbocycles. The van der Waals surface area contributed by atoms with Gasteiger partial charge in [0.25, 0.3) is 0 Å². The van der Waals surface area contributed by atoms with Gasteiger partial charge in [0, 0.05) is 44.8 Å². The van der Waals surface area contributed by atoms with E-state index in [9.17, 15) is 13.2 Å². The topological polar surface area (TPSA) is 60.9 Å². The molecule has 7 heteroatoms. The van der Waals surface area contributed by atoms with E-state index < -0.39 is 9.84 Å². The third-order valence-corrected chi connectivity index (χ3v) is 8.46. The molecule has 2 saturated heterocycles. The van der Waals surface area contributed by atoms with Gasteiger partial charge in [0.05, 0.1) is 18.1 Å². The number of benzene rings is 1. The average Bonchev–Trinajstić information content (AvgIpc) is 3.46. The number of sulfone groups is 1. The zero-order valence-electron chi connectivity index (χ0n) is 18.3. The Labute approximate surface area is 181 Å². The van der Waals surface area contributed by atoms with Crippen molar-refractivity contribution in [3.8, 4) is 0 Å². The van der Waals surface area contributed by atoms with E-state index in [2.05, 4.69) is 47.9 Å². The van der Waals surface area contributed by atoms with Crippen molar-refractivity contribution in [1.29, 1.82) is 0 Å². The Hall–Kier alpha value is -1.44. The summed E-state index contributed by atoms with van der Waals surface area (Å²) >= 11 is 0. The van der Waals surface area contributed by atoms with Crippen molar-refractivity contribution in [1.82, 2.24) is 14.7 Å². The summed E-state index contributed by atoms with van der Waals surface area (Å²) in [5.41, 5.74) is 2.71. The van der Waals surface area contributed by atoms with Crippen molar-refractivity contribution < 1.29 is 13.2 Å². The lowest BCUT2D eigenvalue weighted by molar-refractivity contribution is -0.135. The highest BCUT2D eigenvalue weighted by molar-refractivity contribution is 7.91. The minimum absolute atomic E-state index is 0.106. The maximum Gasteiger partial charge on any atom is 0.237 e. The molecule has 4 rings (SSSR count). The summed E-state index contributed by atoms with van der Waals surface area (Å²) in [7, 11) is -2.97. The van der Waals surface area contributed by atoms with Crippen LogP contribution in [0.3, 0.4) is 0 Å². The summed E-state index contributed by atoms with van der Waals surface area (Å²) in [6.45, 7) is 9.49. The Morgan fingerprint density at radius 3 is 2.17 bits per heavy atom. The van der Waals surface area contributed by atoms with Crippen LogP contribution in [-0.2, 0) is 21.2 Å². The van der Waals surface area contributed by atoms with E-state index in [0.717, 1.165) is 45.6 Å². The molecule has 2 heterocycles. The van der Waals surface area contributed by atoms with Crippen LogP contribution in [0, 0.1) is 0 Å². The molecule has 3 fully saturated rings. The summed E-state index contributed by atoms with van der Waals surface area (Å²) in [6.07, 6.45) is 2.64. The highest BCUT2D eigenvalue weighted by atomic mass is 32.2. The predicted octanol–water partition coefficient (Wildman–Crippen LogP) is 2.11. The lowest BCUT2D eigenvalue weighted by atomic mass is 10.0. The molecule has 1 amide bonds. The molecule has 1 aromatic carbocycles. The maximum absolute atomic E-state index is 13.0. The van der Waals surface area contributed by atoms with Gasteiger partial charge in [-0.3, -0.25) is 14.6 Å². The second-order valence-corrected chi connectivity index (χ2v) is 11.8. The van der Waals surface area contributed by atoms with E-state index in [-0.39, 0.29) is 29.5 Å². The molecular weight excluding hydrogens is 398 g/mol. The van der Waals surface area contributed by atoms with E-state index in [4.69, 9.17) is 0 Å². The SMILES string of the molecule is CC(C)c1ccc(CN2CCN(CC(=O)N(C3CC3)[C@@H]3CCS(=O)(=O)C3)CC2)cc1. The summed E-state index contributed by atoms with van der Waals surface area (Å²) in [5.74, 6) is 1.06. The van der Waals surface area contributed by atoms with Crippen LogP contribution in [-0.4, -0.2) is 85.3 Å². The summed E-state index contributed by atoms with van der Waals surface area (Å²) in [5, 5.41) is 0. The lowest BCUT2D eigenvalue weighted by Gasteiger charge is -2.36. The van der Waals surface area contributed by atoms with Crippen LogP contribution in [0.1, 0.15) is 50.2 Å². The van der Waals surface area contributed by atoms with Gasteiger partial charge in [0.2, 0.25) is 5.91 Å². The van der Waals surface area contributed by atoms with Crippen LogP contribution >= 0.6 is 0 Å². The van der Waals surface area contributed by atoms with Crippen molar-refractivity contribution >= 4 is 15.7 Å². The van der Waals surface area contributed by atoms with Crippen molar-refractivity contribution in [3.63, 3.8) is 0 Å². The normalized spacial score (nSPS) is 25.0. The van der Waals surface area contributed by atoms with Crippen LogP contribution in [0.25, 0.3) is 0 Å². The Bertz CT molecular complexity index is 841. The van der Waals surface area contributed by atoms with Crippen molar-refractivity contribution in [2.75, 3.05) is 44.2 Å². The lowest BCUT2D eigenvalue weighted by Crippen LogP contribution is -2.52. The molecule has 1 aromatic rings. The molecule has 6 nitrogen and oxygen atoms in total. The van der Waals surface area contributed by atoms with Crippen LogP contribution in [0.4, 0.5) is 0 Å². The van der Waals surface area contributed by atoms with E-state index in [1.165, 1.54) is 11.1 Å². The van der Waals surface area contributed by atoms with Crippen LogP contribution in [0.2, 0.25) is 0 Å². The number of nitrogens with zero attached hydrogens (tertiary/aromatic N) is 3. The van der Waals surface area contributed by atoms with Gasteiger partial charge < -0.3 is 4.90 Å². The van der Waals surface area contributed by atoms with Crippen molar-refractivity contribution in [2.24, 2.45) is 0 Å². The first-order valence-corrected chi connectivity index (χ1v) is 13.2. The predicted molar refractivity (Wildman–Crippen MR) is 119 cm³/mol. The Balaban J connectivity index is 1.26. The fourth-order valence-corrected chi connectivity index (χ4v) is 6.41. The fraction of sp³-hybridized carbons (Fsp3) is 0.696. The van der Waals surface area contributed by atoms with E-state index >= 15 is 0 Å². The number of carbonyl (C=O) groups excluding carboxylic acids is 1. The molecule has 0 aromatic heterocycles. The van der Waals surface area contributed by atoms with E-state index in [0.29, 0.717) is 18.9 Å². The van der Waals surface area contributed by atoms with Gasteiger partial charge in [-0.25, -0.2) is 8.42 Å². The zero-order chi connectivity index (χ0) is 21.3. The number of hydrogen-bond acceptors (Lipinski definition) is 5. The summed E-state index contributed by atoms with van der Waals surface area (Å²) < 4.78 is 23.8.